The van der Waals surface area contributed by atoms with Crippen LogP contribution in [0.25, 0.3) is 21.7 Å². The molecule has 5 aromatic rings. The topological polar surface area (TPSA) is 290 Å². The quantitative estimate of drug-likeness (QED) is 0.0522. The largest absolute Gasteiger partial charge is 0.415 e. The number of carbonyl (C=O) groups is 9. The Balaban J connectivity index is 0.915. The van der Waals surface area contributed by atoms with Crippen LogP contribution in [0.15, 0.2) is 78.9 Å². The van der Waals surface area contributed by atoms with Crippen molar-refractivity contribution in [3.05, 3.63) is 95.7 Å². The normalized spacial score (nSPS) is 13.7. The van der Waals surface area contributed by atoms with Crippen molar-refractivity contribution in [2.75, 3.05) is 88.0 Å². The lowest BCUT2D eigenvalue weighted by Gasteiger charge is -2.31. The third-order valence-corrected chi connectivity index (χ3v) is 12.8. The summed E-state index contributed by atoms with van der Waals surface area (Å²) >= 11 is 0. The number of carbonyl (C=O) groups excluding carboxylic acids is 9. The first kappa shape index (κ1) is 53.4. The summed E-state index contributed by atoms with van der Waals surface area (Å²) in [5, 5.41) is 18.8. The number of amides is 10. The number of anilines is 3. The Hall–Kier alpha value is -8.37. The van der Waals surface area contributed by atoms with E-state index >= 15 is 0 Å². The van der Waals surface area contributed by atoms with Gasteiger partial charge in [-0.05, 0) is 92.2 Å². The number of primary amides is 1. The molecule has 0 bridgehead atoms. The second-order valence-electron chi connectivity index (χ2n) is 18.2. The molecule has 10 amide bonds. The van der Waals surface area contributed by atoms with Gasteiger partial charge in [-0.2, -0.15) is 0 Å². The van der Waals surface area contributed by atoms with Crippen LogP contribution >= 0.6 is 0 Å². The lowest BCUT2D eigenvalue weighted by Crippen LogP contribution is -2.48. The first-order valence-corrected chi connectivity index (χ1v) is 24.5. The Kier molecular flexibility index (Phi) is 17.9. The van der Waals surface area contributed by atoms with Crippen LogP contribution in [-0.2, 0) is 30.4 Å². The van der Waals surface area contributed by atoms with Crippen molar-refractivity contribution in [3.63, 3.8) is 0 Å². The molecule has 0 spiro atoms. The van der Waals surface area contributed by atoms with Crippen molar-refractivity contribution >= 4 is 92.2 Å². The number of benzene rings is 4. The summed E-state index contributed by atoms with van der Waals surface area (Å²) < 4.78 is 6.01. The fourth-order valence-electron chi connectivity index (χ4n) is 8.83. The summed E-state index contributed by atoms with van der Waals surface area (Å²) in [5.41, 5.74) is 9.00. The smallest absolute Gasteiger partial charge is 0.409 e. The molecule has 22 nitrogen and oxygen atoms in total. The second-order valence-corrected chi connectivity index (χ2v) is 18.2. The molecule has 0 radical (unpaired) electrons. The van der Waals surface area contributed by atoms with E-state index < -0.39 is 47.7 Å². The molecule has 1 aromatic heterocycles. The van der Waals surface area contributed by atoms with Crippen molar-refractivity contribution in [1.29, 1.82) is 0 Å². The van der Waals surface area contributed by atoms with Crippen LogP contribution < -0.4 is 47.3 Å². The molecular formula is C52H62N12O10. The van der Waals surface area contributed by atoms with E-state index in [0.717, 1.165) is 34.3 Å². The van der Waals surface area contributed by atoms with Gasteiger partial charge in [0.15, 0.2) is 0 Å². The highest BCUT2D eigenvalue weighted by Gasteiger charge is 2.31. The second kappa shape index (κ2) is 24.8. The molecule has 2 aliphatic rings. The summed E-state index contributed by atoms with van der Waals surface area (Å²) in [5.74, 6) is -2.40. The summed E-state index contributed by atoms with van der Waals surface area (Å²) in [4.78, 5) is 124. The number of rotatable bonds is 20. The maximum Gasteiger partial charge on any atom is 0.415 e. The van der Waals surface area contributed by atoms with Gasteiger partial charge in [-0.15, -0.1) is 0 Å². The van der Waals surface area contributed by atoms with E-state index in [9.17, 15) is 43.2 Å². The summed E-state index contributed by atoms with van der Waals surface area (Å²) in [7, 11) is 2.01. The molecule has 3 heterocycles. The van der Waals surface area contributed by atoms with Gasteiger partial charge in [-0.25, -0.2) is 9.59 Å². The molecule has 390 valence electrons. The predicted molar refractivity (Wildman–Crippen MR) is 278 cm³/mol. The molecule has 9 N–H and O–H groups in total. The lowest BCUT2D eigenvalue weighted by molar-refractivity contribution is -0.142. The van der Waals surface area contributed by atoms with Gasteiger partial charge in [0.2, 0.25) is 29.5 Å². The van der Waals surface area contributed by atoms with Gasteiger partial charge >= 0.3 is 12.1 Å². The van der Waals surface area contributed by atoms with Gasteiger partial charge in [0, 0.05) is 118 Å². The van der Waals surface area contributed by atoms with Gasteiger partial charge in [-0.1, -0.05) is 24.3 Å². The Morgan fingerprint density at radius 3 is 2.19 bits per heavy atom. The number of hydrogen-bond acceptors (Lipinski definition) is 12. The average Bonchev–Trinajstić information content (AvgIpc) is 4.01. The highest BCUT2D eigenvalue weighted by atomic mass is 16.6. The third kappa shape index (κ3) is 14.0. The molecule has 1 saturated heterocycles. The number of likely N-dealkylation sites (N-methyl/N-ethyl adjacent to an activating group) is 1. The first-order chi connectivity index (χ1) is 35.5. The number of aromatic amines is 1. The van der Waals surface area contributed by atoms with Gasteiger partial charge in [0.25, 0.3) is 11.8 Å². The van der Waals surface area contributed by atoms with Crippen LogP contribution in [0, 0.1) is 0 Å². The van der Waals surface area contributed by atoms with Crippen LogP contribution in [0.2, 0.25) is 0 Å². The number of aromatic nitrogens is 1. The van der Waals surface area contributed by atoms with Crippen molar-refractivity contribution in [1.82, 2.24) is 41.0 Å². The van der Waals surface area contributed by atoms with Crippen LogP contribution in [0.3, 0.4) is 0 Å². The van der Waals surface area contributed by atoms with Crippen LogP contribution in [-0.4, -0.2) is 152 Å². The molecule has 0 unspecified atom stereocenters. The Morgan fingerprint density at radius 1 is 0.757 bits per heavy atom. The monoisotopic (exact) mass is 1010 g/mol. The van der Waals surface area contributed by atoms with Crippen molar-refractivity contribution in [2.24, 2.45) is 5.73 Å². The number of urea groups is 1. The average molecular weight is 1020 g/mol. The lowest BCUT2D eigenvalue weighted by atomic mass is 10.0. The Morgan fingerprint density at radius 2 is 1.47 bits per heavy atom. The number of nitrogens with zero attached hydrogens (tertiary/aromatic N) is 4. The fraction of sp³-hybridized carbons (Fsp3) is 0.365. The van der Waals surface area contributed by atoms with Gasteiger partial charge in [0.1, 0.15) is 17.5 Å². The zero-order chi connectivity index (χ0) is 52.9. The minimum Gasteiger partial charge on any atom is -0.409 e. The van der Waals surface area contributed by atoms with E-state index in [0.29, 0.717) is 83.9 Å². The van der Waals surface area contributed by atoms with Crippen LogP contribution in [0.5, 0.6) is 5.75 Å². The standard InChI is InChI=1S/C52H62N12O10/c1-32(65)63(33(2)66)22-7-11-46(67)55-21-20-54-31-47(68)60-42(10-6-19-56-51(53)72)49(70)57-36-14-12-34(13-15-36)48(69)58-37-16-17-41-35(28-37)29-43(59-41)50(71)64-23-18-39-38-8-4-5-9-40(38)45(30-44(39)64)74-52(73)62-26-24-61(3)25-27-62/h4-5,8-9,12-17,28-30,42,54,59H,6-7,10-11,18-27,31H2,1-3H3,(H,55,67)(H,57,70)(H,58,69)(H,60,68)(H3,53,56,72)/t42-/m0/s1. The highest BCUT2D eigenvalue weighted by Crippen LogP contribution is 2.41. The van der Waals surface area contributed by atoms with Gasteiger partial charge in [-0.3, -0.25) is 38.5 Å². The molecule has 74 heavy (non-hydrogen) atoms. The minimum atomic E-state index is -1.01. The van der Waals surface area contributed by atoms with Crippen molar-refractivity contribution in [3.8, 4) is 5.75 Å². The van der Waals surface area contributed by atoms with E-state index in [2.05, 4.69) is 41.8 Å². The third-order valence-electron chi connectivity index (χ3n) is 12.8. The van der Waals surface area contributed by atoms with Crippen molar-refractivity contribution in [2.45, 2.75) is 52.0 Å². The number of nitrogens with one attached hydrogen (secondary N) is 7. The molecule has 0 aliphatic carbocycles. The van der Waals surface area contributed by atoms with E-state index in [1.807, 2.05) is 31.3 Å². The number of fused-ring (bicyclic) bond motifs is 4. The summed E-state index contributed by atoms with van der Waals surface area (Å²) in [6.07, 6.45) is 1.07. The maximum atomic E-state index is 14.2. The molecule has 2 aliphatic heterocycles. The molecule has 22 heteroatoms. The van der Waals surface area contributed by atoms with Crippen molar-refractivity contribution < 1.29 is 47.9 Å². The summed E-state index contributed by atoms with van der Waals surface area (Å²) in [6.45, 7) is 6.19. The maximum absolute atomic E-state index is 14.2. The van der Waals surface area contributed by atoms with Crippen LogP contribution in [0.1, 0.15) is 65.9 Å². The number of imide groups is 1. The zero-order valence-corrected chi connectivity index (χ0v) is 41.6. The summed E-state index contributed by atoms with van der Waals surface area (Å²) in [6, 6.07) is 20.9. The number of hydrogen-bond donors (Lipinski definition) is 8. The molecular weight excluding hydrogens is 953 g/mol. The van der Waals surface area contributed by atoms with E-state index in [1.165, 1.54) is 26.0 Å². The molecule has 1 fully saturated rings. The van der Waals surface area contributed by atoms with E-state index in [-0.39, 0.29) is 57.4 Å². The Bertz CT molecular complexity index is 2920. The zero-order valence-electron chi connectivity index (χ0n) is 41.6. The molecule has 4 aromatic carbocycles. The predicted octanol–water partition coefficient (Wildman–Crippen LogP) is 3.28. The molecule has 7 rings (SSSR count). The Labute approximate surface area is 427 Å². The number of piperazine rings is 1. The minimum absolute atomic E-state index is 0.102. The molecule has 0 saturated carbocycles. The SMILES string of the molecule is CC(=O)N(CCCC(=O)NCCNCC(=O)N[C@@H](CCCNC(N)=O)C(=O)Nc1ccc(C(=O)Nc2ccc3[nH]c(C(=O)N4CCc5c4cc(OC(=O)N4CCN(C)CC4)c4ccccc54)cc3c2)cc1)C(C)=O. The highest BCUT2D eigenvalue weighted by molar-refractivity contribution is 6.12. The number of nitrogens with two attached hydrogens (primary N) is 1. The van der Waals surface area contributed by atoms with Crippen LogP contribution in [0.4, 0.5) is 26.7 Å². The molecule has 1 atom stereocenters. The van der Waals surface area contributed by atoms with E-state index in [4.69, 9.17) is 10.5 Å². The van der Waals surface area contributed by atoms with Gasteiger partial charge < -0.3 is 62.1 Å². The fourth-order valence-corrected chi connectivity index (χ4v) is 8.83. The first-order valence-electron chi connectivity index (χ1n) is 24.5. The van der Waals surface area contributed by atoms with E-state index in [1.54, 1.807) is 52.3 Å². The van der Waals surface area contributed by atoms with Gasteiger partial charge in [0.05, 0.1) is 12.2 Å². The number of H-pyrrole nitrogens is 1. The number of ether oxygens (including phenoxy) is 1.